The summed E-state index contributed by atoms with van der Waals surface area (Å²) in [6.07, 6.45) is 0.916. The number of aromatic nitrogens is 1. The van der Waals surface area contributed by atoms with E-state index in [1.165, 1.54) is 27.4 Å². The van der Waals surface area contributed by atoms with E-state index in [0.29, 0.717) is 5.69 Å². The zero-order valence-corrected chi connectivity index (χ0v) is 19.6. The van der Waals surface area contributed by atoms with Crippen LogP contribution in [0.15, 0.2) is 64.4 Å². The number of aryl methyl sites for hydroxylation is 1. The predicted octanol–water partition coefficient (Wildman–Crippen LogP) is 4.42. The monoisotopic (exact) mass is 474 g/mol. The number of aromatic amines is 1. The molecule has 7 atom stereocenters. The zero-order valence-electron chi connectivity index (χ0n) is 17.9. The van der Waals surface area contributed by atoms with Gasteiger partial charge >= 0.3 is 4.87 Å². The number of thiazole rings is 1. The average Bonchev–Trinajstić information content (AvgIpc) is 3.54. The summed E-state index contributed by atoms with van der Waals surface area (Å²) in [5.74, 6) is 0.0543. The fourth-order valence-corrected chi connectivity index (χ4v) is 9.88. The van der Waals surface area contributed by atoms with Crippen LogP contribution in [0.3, 0.4) is 0 Å². The molecule has 0 radical (unpaired) electrons. The number of benzene rings is 2. The first-order chi connectivity index (χ1) is 16.0. The Morgan fingerprint density at radius 1 is 0.909 bits per heavy atom. The Morgan fingerprint density at radius 2 is 1.61 bits per heavy atom. The third-order valence-corrected chi connectivity index (χ3v) is 10.8. The molecule has 0 spiro atoms. The second kappa shape index (κ2) is 6.93. The predicted molar refractivity (Wildman–Crippen MR) is 129 cm³/mol. The zero-order chi connectivity index (χ0) is 22.4. The molecule has 2 saturated carbocycles. The number of hydrogen-bond donors (Lipinski definition) is 1. The number of imide groups is 1. The molecule has 2 aromatic carbocycles. The first-order valence-electron chi connectivity index (χ1n) is 11.4. The molecule has 7 rings (SSSR count). The molecule has 2 aliphatic heterocycles. The summed E-state index contributed by atoms with van der Waals surface area (Å²) < 4.78 is 0. The van der Waals surface area contributed by atoms with E-state index in [9.17, 15) is 14.4 Å². The number of nitrogens with one attached hydrogen (secondary N) is 1. The van der Waals surface area contributed by atoms with E-state index in [2.05, 4.69) is 36.2 Å². The number of H-pyrrole nitrogens is 1. The number of amides is 2. The first-order valence-corrected chi connectivity index (χ1v) is 13.1. The lowest BCUT2D eigenvalue weighted by Crippen LogP contribution is -2.42. The van der Waals surface area contributed by atoms with Gasteiger partial charge in [0.25, 0.3) is 0 Å². The van der Waals surface area contributed by atoms with Crippen LogP contribution in [0.2, 0.25) is 0 Å². The number of fused-ring (bicyclic) bond motifs is 9. The molecule has 1 aromatic heterocycles. The molecule has 3 fully saturated rings. The number of thioether (sulfide) groups is 1. The van der Waals surface area contributed by atoms with Gasteiger partial charge in [0.15, 0.2) is 0 Å². The highest BCUT2D eigenvalue weighted by atomic mass is 32.2. The number of nitrogens with zero attached hydrogens (tertiary/aromatic N) is 1. The van der Waals surface area contributed by atoms with Gasteiger partial charge in [-0.25, -0.2) is 0 Å². The molecule has 1 saturated heterocycles. The highest BCUT2D eigenvalue weighted by Gasteiger charge is 2.69. The maximum atomic E-state index is 13.6. The average molecular weight is 475 g/mol. The number of rotatable bonds is 2. The van der Waals surface area contributed by atoms with Gasteiger partial charge in [0.05, 0.1) is 22.5 Å². The van der Waals surface area contributed by atoms with Crippen molar-refractivity contribution in [2.45, 2.75) is 29.5 Å². The summed E-state index contributed by atoms with van der Waals surface area (Å²) in [5, 5.41) is 1.19. The largest absolute Gasteiger partial charge is 0.307 e. The Kier molecular flexibility index (Phi) is 4.16. The second-order valence-electron chi connectivity index (χ2n) is 9.72. The van der Waals surface area contributed by atoms with E-state index in [0.717, 1.165) is 16.3 Å². The second-order valence-corrected chi connectivity index (χ2v) is 11.9. The van der Waals surface area contributed by atoms with Crippen molar-refractivity contribution in [2.75, 3.05) is 4.90 Å². The number of para-hydroxylation sites is 1. The van der Waals surface area contributed by atoms with Gasteiger partial charge in [0.1, 0.15) is 0 Å². The van der Waals surface area contributed by atoms with Gasteiger partial charge in [0.2, 0.25) is 11.8 Å². The maximum absolute atomic E-state index is 13.6. The molecule has 7 heteroatoms. The van der Waals surface area contributed by atoms with Gasteiger partial charge in [-0.3, -0.25) is 19.3 Å². The van der Waals surface area contributed by atoms with E-state index >= 15 is 0 Å². The lowest BCUT2D eigenvalue weighted by molar-refractivity contribution is -0.123. The van der Waals surface area contributed by atoms with Gasteiger partial charge in [-0.15, -0.1) is 11.8 Å². The van der Waals surface area contributed by atoms with Gasteiger partial charge in [-0.2, -0.15) is 0 Å². The van der Waals surface area contributed by atoms with Crippen LogP contribution in [-0.4, -0.2) is 22.0 Å². The summed E-state index contributed by atoms with van der Waals surface area (Å²) in [4.78, 5) is 45.1. The quantitative estimate of drug-likeness (QED) is 0.558. The lowest BCUT2D eigenvalue weighted by atomic mass is 9.68. The number of carbonyl (C=O) groups is 2. The van der Waals surface area contributed by atoms with Crippen molar-refractivity contribution in [3.05, 3.63) is 80.3 Å². The van der Waals surface area contributed by atoms with Crippen LogP contribution in [0.25, 0.3) is 0 Å². The fourth-order valence-electron chi connectivity index (χ4n) is 7.00. The molecule has 5 nitrogen and oxygen atoms in total. The number of anilines is 1. The van der Waals surface area contributed by atoms with E-state index < -0.39 is 0 Å². The van der Waals surface area contributed by atoms with Crippen LogP contribution in [0.1, 0.15) is 28.3 Å². The van der Waals surface area contributed by atoms with E-state index in [1.807, 2.05) is 30.3 Å². The van der Waals surface area contributed by atoms with Crippen molar-refractivity contribution >= 4 is 40.6 Å². The molecule has 1 N–H and O–H groups in total. The Hall–Kier alpha value is -2.64. The lowest BCUT2D eigenvalue weighted by Gasteiger charge is -2.43. The maximum Gasteiger partial charge on any atom is 0.305 e. The van der Waals surface area contributed by atoms with Crippen molar-refractivity contribution < 1.29 is 9.59 Å². The molecule has 2 aliphatic carbocycles. The SMILES string of the molecule is Cc1ccc([C@H]2c3sc(=O)[nH]c3S[C@@H]3[C@H]4C[C@@H]([C@H]5C(=O)N(c6ccccc6)C(=O)[C@H]45)[C@@H]23)cc1. The Balaban J connectivity index is 1.34. The van der Waals surface area contributed by atoms with E-state index in [1.54, 1.807) is 11.8 Å². The van der Waals surface area contributed by atoms with Crippen LogP contribution < -0.4 is 9.77 Å². The molecule has 33 heavy (non-hydrogen) atoms. The molecule has 2 bridgehead atoms. The van der Waals surface area contributed by atoms with Gasteiger partial charge in [0, 0.05) is 16.0 Å². The van der Waals surface area contributed by atoms with Crippen molar-refractivity contribution in [3.63, 3.8) is 0 Å². The van der Waals surface area contributed by atoms with Crippen molar-refractivity contribution in [1.82, 2.24) is 4.98 Å². The van der Waals surface area contributed by atoms with Crippen LogP contribution in [0.5, 0.6) is 0 Å². The highest BCUT2D eigenvalue weighted by Crippen LogP contribution is 2.68. The minimum atomic E-state index is -0.255. The van der Waals surface area contributed by atoms with Crippen molar-refractivity contribution in [1.29, 1.82) is 0 Å². The third-order valence-electron chi connectivity index (χ3n) is 8.17. The molecule has 3 aromatic rings. The Morgan fingerprint density at radius 3 is 2.33 bits per heavy atom. The van der Waals surface area contributed by atoms with Crippen molar-refractivity contribution in [3.8, 4) is 0 Å². The summed E-state index contributed by atoms with van der Waals surface area (Å²) in [6, 6.07) is 17.9. The number of hydrogen-bond acceptors (Lipinski definition) is 5. The Labute approximate surface area is 199 Å². The molecular weight excluding hydrogens is 452 g/mol. The van der Waals surface area contributed by atoms with E-state index in [-0.39, 0.29) is 57.4 Å². The minimum absolute atomic E-state index is 0.0282. The third kappa shape index (κ3) is 2.63. The summed E-state index contributed by atoms with van der Waals surface area (Å²) in [5.41, 5.74) is 3.08. The van der Waals surface area contributed by atoms with Crippen LogP contribution in [0, 0.1) is 36.5 Å². The van der Waals surface area contributed by atoms with E-state index in [4.69, 9.17) is 0 Å². The Bertz CT molecular complexity index is 1350. The van der Waals surface area contributed by atoms with Gasteiger partial charge in [-0.05, 0) is 48.8 Å². The molecule has 3 heterocycles. The smallest absolute Gasteiger partial charge is 0.305 e. The van der Waals surface area contributed by atoms with Crippen LogP contribution in [-0.2, 0) is 9.59 Å². The summed E-state index contributed by atoms with van der Waals surface area (Å²) in [6.45, 7) is 2.08. The standard InChI is InChI=1S/C26H22N2O3S2/c1-12-7-9-13(10-8-12)17-18-15-11-16(21(18)32-23-22(17)33-26(31)27-23)20-19(15)24(29)28(25(20)30)14-5-3-2-4-6-14/h2-10,15-21H,11H2,1H3,(H,27,31)/t15-,16+,17-,18+,19-,20-,21-/m1/s1. The molecule has 0 unspecified atom stereocenters. The molecule has 2 amide bonds. The minimum Gasteiger partial charge on any atom is -0.307 e. The van der Waals surface area contributed by atoms with Crippen molar-refractivity contribution in [2.24, 2.45) is 29.6 Å². The first kappa shape index (κ1) is 19.8. The molecular formula is C26H22N2O3S2. The fraction of sp³-hybridized carbons (Fsp3) is 0.346. The van der Waals surface area contributed by atoms with Gasteiger partial charge in [-0.1, -0.05) is 59.4 Å². The summed E-state index contributed by atoms with van der Waals surface area (Å²) >= 11 is 3.04. The number of carbonyl (C=O) groups excluding carboxylic acids is 2. The highest BCUT2D eigenvalue weighted by molar-refractivity contribution is 8.00. The molecule has 166 valence electrons. The topological polar surface area (TPSA) is 70.2 Å². The van der Waals surface area contributed by atoms with Gasteiger partial charge < -0.3 is 4.98 Å². The summed E-state index contributed by atoms with van der Waals surface area (Å²) in [7, 11) is 0. The van der Waals surface area contributed by atoms with Crippen LogP contribution >= 0.6 is 23.1 Å². The normalized spacial score (nSPS) is 33.8. The molecule has 4 aliphatic rings. The van der Waals surface area contributed by atoms with Crippen LogP contribution in [0.4, 0.5) is 5.69 Å².